The van der Waals surface area contributed by atoms with Gasteiger partial charge in [-0.05, 0) is 17.7 Å². The van der Waals surface area contributed by atoms with E-state index in [9.17, 15) is 17.6 Å². The number of halogens is 4. The van der Waals surface area contributed by atoms with Crippen LogP contribution < -0.4 is 11.1 Å². The van der Waals surface area contributed by atoms with Gasteiger partial charge in [-0.15, -0.1) is 0 Å². The van der Waals surface area contributed by atoms with Crippen molar-refractivity contribution >= 4 is 0 Å². The second kappa shape index (κ2) is 5.67. The average molecular weight is 264 g/mol. The number of hydrogen-bond donors (Lipinski definition) is 2. The molecule has 0 heterocycles. The van der Waals surface area contributed by atoms with Gasteiger partial charge in [-0.1, -0.05) is 19.9 Å². The van der Waals surface area contributed by atoms with Crippen LogP contribution in [0.3, 0.4) is 0 Å². The Morgan fingerprint density at radius 2 is 1.89 bits per heavy atom. The molecule has 1 aromatic rings. The molecular formula is C12H16F4N2. The van der Waals surface area contributed by atoms with E-state index in [0.29, 0.717) is 5.56 Å². The summed E-state index contributed by atoms with van der Waals surface area (Å²) in [5, 5.41) is 3.03. The summed E-state index contributed by atoms with van der Waals surface area (Å²) in [5.41, 5.74) is 4.59. The molecule has 0 saturated heterocycles. The molecule has 0 aliphatic carbocycles. The van der Waals surface area contributed by atoms with Crippen molar-refractivity contribution in [1.82, 2.24) is 5.32 Å². The minimum absolute atomic E-state index is 0.0675. The Kier molecular flexibility index (Phi) is 4.70. The first kappa shape index (κ1) is 14.9. The quantitative estimate of drug-likeness (QED) is 0.821. The maximum absolute atomic E-state index is 13.1. The third-order valence-electron chi connectivity index (χ3n) is 2.47. The topological polar surface area (TPSA) is 38.0 Å². The van der Waals surface area contributed by atoms with Crippen LogP contribution in [0.5, 0.6) is 0 Å². The Morgan fingerprint density at radius 1 is 1.28 bits per heavy atom. The highest BCUT2D eigenvalue weighted by Crippen LogP contribution is 2.32. The van der Waals surface area contributed by atoms with Crippen LogP contribution in [-0.4, -0.2) is 12.6 Å². The molecule has 0 spiro atoms. The molecule has 1 unspecified atom stereocenters. The van der Waals surface area contributed by atoms with Gasteiger partial charge >= 0.3 is 6.18 Å². The Bertz CT molecular complexity index is 402. The molecule has 0 saturated carbocycles. The van der Waals surface area contributed by atoms with E-state index in [1.165, 1.54) is 6.07 Å². The summed E-state index contributed by atoms with van der Waals surface area (Å²) in [6, 6.07) is 2.59. The van der Waals surface area contributed by atoms with Gasteiger partial charge in [0.2, 0.25) is 0 Å². The van der Waals surface area contributed by atoms with Gasteiger partial charge in [-0.2, -0.15) is 13.2 Å². The van der Waals surface area contributed by atoms with Gasteiger partial charge in [0.1, 0.15) is 5.82 Å². The highest BCUT2D eigenvalue weighted by atomic mass is 19.4. The molecule has 1 rings (SSSR count). The van der Waals surface area contributed by atoms with E-state index in [-0.39, 0.29) is 12.6 Å². The van der Waals surface area contributed by atoms with Gasteiger partial charge < -0.3 is 11.1 Å². The summed E-state index contributed by atoms with van der Waals surface area (Å²) >= 11 is 0. The highest BCUT2D eigenvalue weighted by molar-refractivity contribution is 5.29. The van der Waals surface area contributed by atoms with Gasteiger partial charge in [0, 0.05) is 18.6 Å². The van der Waals surface area contributed by atoms with Crippen LogP contribution in [0.2, 0.25) is 0 Å². The molecule has 2 nitrogen and oxygen atoms in total. The Hall–Kier alpha value is -1.14. The summed E-state index contributed by atoms with van der Waals surface area (Å²) in [4.78, 5) is 0. The average Bonchev–Trinajstić information content (AvgIpc) is 2.25. The zero-order valence-electron chi connectivity index (χ0n) is 10.2. The van der Waals surface area contributed by atoms with Crippen LogP contribution in [0.1, 0.15) is 31.0 Å². The highest BCUT2D eigenvalue weighted by Gasteiger charge is 2.34. The van der Waals surface area contributed by atoms with Crippen molar-refractivity contribution in [2.45, 2.75) is 32.1 Å². The molecule has 3 N–H and O–H groups in total. The predicted octanol–water partition coefficient (Wildman–Crippen LogP) is 2.84. The first-order valence-electron chi connectivity index (χ1n) is 5.58. The van der Waals surface area contributed by atoms with Gasteiger partial charge in [-0.3, -0.25) is 0 Å². The minimum Gasteiger partial charge on any atom is -0.329 e. The summed E-state index contributed by atoms with van der Waals surface area (Å²) in [7, 11) is 0. The maximum Gasteiger partial charge on any atom is 0.419 e. The first-order chi connectivity index (χ1) is 8.25. The van der Waals surface area contributed by atoms with Crippen LogP contribution in [0, 0.1) is 5.82 Å². The van der Waals surface area contributed by atoms with Gasteiger partial charge in [0.15, 0.2) is 0 Å². The van der Waals surface area contributed by atoms with E-state index in [2.05, 4.69) is 5.32 Å². The second-order valence-corrected chi connectivity index (χ2v) is 4.35. The van der Waals surface area contributed by atoms with Crippen LogP contribution in [-0.2, 0) is 6.18 Å². The molecule has 0 fully saturated rings. The number of nitrogens with two attached hydrogens (primary N) is 1. The third kappa shape index (κ3) is 3.68. The van der Waals surface area contributed by atoms with E-state index in [0.717, 1.165) is 12.1 Å². The normalized spacial score (nSPS) is 14.0. The zero-order valence-corrected chi connectivity index (χ0v) is 10.2. The monoisotopic (exact) mass is 264 g/mol. The molecule has 0 bridgehead atoms. The van der Waals surface area contributed by atoms with Gasteiger partial charge in [-0.25, -0.2) is 4.39 Å². The fourth-order valence-corrected chi connectivity index (χ4v) is 1.68. The van der Waals surface area contributed by atoms with Crippen molar-refractivity contribution in [3.05, 3.63) is 35.1 Å². The first-order valence-corrected chi connectivity index (χ1v) is 5.58. The molecular weight excluding hydrogens is 248 g/mol. The molecule has 0 aromatic heterocycles. The second-order valence-electron chi connectivity index (χ2n) is 4.35. The number of benzene rings is 1. The minimum atomic E-state index is -4.70. The molecule has 18 heavy (non-hydrogen) atoms. The third-order valence-corrected chi connectivity index (χ3v) is 2.47. The lowest BCUT2D eigenvalue weighted by molar-refractivity contribution is -0.140. The molecule has 1 atom stereocenters. The Balaban J connectivity index is 3.10. The number of rotatable bonds is 4. The Morgan fingerprint density at radius 3 is 2.33 bits per heavy atom. The van der Waals surface area contributed by atoms with Crippen molar-refractivity contribution < 1.29 is 17.6 Å². The predicted molar refractivity (Wildman–Crippen MR) is 61.5 cm³/mol. The lowest BCUT2D eigenvalue weighted by atomic mass is 10.0. The van der Waals surface area contributed by atoms with Crippen molar-refractivity contribution in [2.24, 2.45) is 5.73 Å². The lowest BCUT2D eigenvalue weighted by Crippen LogP contribution is -2.33. The summed E-state index contributed by atoms with van der Waals surface area (Å²) < 4.78 is 50.8. The molecule has 0 aliphatic heterocycles. The molecule has 1 aromatic carbocycles. The van der Waals surface area contributed by atoms with Crippen LogP contribution >= 0.6 is 0 Å². The van der Waals surface area contributed by atoms with Crippen LogP contribution in [0.4, 0.5) is 17.6 Å². The van der Waals surface area contributed by atoms with E-state index < -0.39 is 23.6 Å². The number of alkyl halides is 3. The largest absolute Gasteiger partial charge is 0.419 e. The van der Waals surface area contributed by atoms with E-state index in [4.69, 9.17) is 5.73 Å². The van der Waals surface area contributed by atoms with Crippen molar-refractivity contribution in [3.8, 4) is 0 Å². The van der Waals surface area contributed by atoms with Crippen molar-refractivity contribution in [2.75, 3.05) is 6.54 Å². The fourth-order valence-electron chi connectivity index (χ4n) is 1.68. The van der Waals surface area contributed by atoms with Crippen LogP contribution in [0.15, 0.2) is 18.2 Å². The Labute approximate surface area is 103 Å². The SMILES string of the molecule is CC(C)NC(CN)c1ccc(F)c(C(F)(F)F)c1. The maximum atomic E-state index is 13.1. The zero-order chi connectivity index (χ0) is 13.9. The standard InChI is InChI=1S/C12H16F4N2/c1-7(2)18-11(6-17)8-3-4-10(13)9(5-8)12(14,15)16/h3-5,7,11,18H,6,17H2,1-2H3. The fraction of sp³-hybridized carbons (Fsp3) is 0.500. The molecule has 6 heteroatoms. The summed E-state index contributed by atoms with van der Waals surface area (Å²) in [5.74, 6) is -1.27. The van der Waals surface area contributed by atoms with Crippen molar-refractivity contribution in [3.63, 3.8) is 0 Å². The van der Waals surface area contributed by atoms with Gasteiger partial charge in [0.05, 0.1) is 5.56 Å². The molecule has 102 valence electrons. The molecule has 0 aliphatic rings. The van der Waals surface area contributed by atoms with Crippen molar-refractivity contribution in [1.29, 1.82) is 0 Å². The number of hydrogen-bond acceptors (Lipinski definition) is 2. The summed E-state index contributed by atoms with van der Waals surface area (Å²) in [6.07, 6.45) is -4.70. The summed E-state index contributed by atoms with van der Waals surface area (Å²) in [6.45, 7) is 3.86. The number of nitrogens with one attached hydrogen (secondary N) is 1. The molecule has 0 radical (unpaired) electrons. The van der Waals surface area contributed by atoms with E-state index in [1.54, 1.807) is 0 Å². The molecule has 0 amide bonds. The lowest BCUT2D eigenvalue weighted by Gasteiger charge is -2.21. The van der Waals surface area contributed by atoms with Crippen LogP contribution in [0.25, 0.3) is 0 Å². The van der Waals surface area contributed by atoms with E-state index >= 15 is 0 Å². The smallest absolute Gasteiger partial charge is 0.329 e. The van der Waals surface area contributed by atoms with Gasteiger partial charge in [0.25, 0.3) is 0 Å². The van der Waals surface area contributed by atoms with E-state index in [1.807, 2.05) is 13.8 Å².